The molecule has 0 aliphatic carbocycles. The number of nitrogens with zero attached hydrogens (tertiary/aromatic N) is 5. The number of alkyl halides is 3. The lowest BCUT2D eigenvalue weighted by atomic mass is 10.1. The van der Waals surface area contributed by atoms with Crippen LogP contribution in [-0.4, -0.2) is 36.6 Å². The third-order valence-electron chi connectivity index (χ3n) is 5.59. The van der Waals surface area contributed by atoms with Gasteiger partial charge in [0.2, 0.25) is 0 Å². The number of halogens is 4. The fourth-order valence-electron chi connectivity index (χ4n) is 4.29. The SMILES string of the molecule is Cc1nc(-c2nnc3n2CC2CCC3N2C(=O)c2cccc(C(F)(F)F)c2Cl)cs1. The van der Waals surface area contributed by atoms with Gasteiger partial charge in [-0.3, -0.25) is 4.79 Å². The zero-order valence-electron chi connectivity index (χ0n) is 15.6. The van der Waals surface area contributed by atoms with Crippen molar-refractivity contribution < 1.29 is 18.0 Å². The van der Waals surface area contributed by atoms with Gasteiger partial charge in [-0.25, -0.2) is 4.98 Å². The van der Waals surface area contributed by atoms with Crippen molar-refractivity contribution >= 4 is 28.8 Å². The number of carbonyl (C=O) groups is 1. The van der Waals surface area contributed by atoms with E-state index in [4.69, 9.17) is 11.6 Å². The highest BCUT2D eigenvalue weighted by Gasteiger charge is 2.46. The van der Waals surface area contributed by atoms with Crippen molar-refractivity contribution in [3.8, 4) is 11.5 Å². The molecule has 1 saturated heterocycles. The lowest BCUT2D eigenvalue weighted by Crippen LogP contribution is -2.44. The van der Waals surface area contributed by atoms with Crippen LogP contribution in [0.4, 0.5) is 13.2 Å². The van der Waals surface area contributed by atoms with Crippen LogP contribution in [0.5, 0.6) is 0 Å². The van der Waals surface area contributed by atoms with E-state index in [-0.39, 0.29) is 17.6 Å². The number of amides is 1. The standard InChI is InChI=1S/C19H15ClF3N5OS/c1-9-24-13(8-30-9)16-25-26-17-14-6-5-10(7-27(16)17)28(14)18(29)11-3-2-4-12(15(11)20)19(21,22)23/h2-4,8,10,14H,5-7H2,1H3. The predicted molar refractivity (Wildman–Crippen MR) is 104 cm³/mol. The average Bonchev–Trinajstić information content (AvgIpc) is 3.37. The molecule has 1 fully saturated rings. The van der Waals surface area contributed by atoms with Crippen LogP contribution in [0, 0.1) is 6.92 Å². The van der Waals surface area contributed by atoms with E-state index in [0.29, 0.717) is 24.6 Å². The summed E-state index contributed by atoms with van der Waals surface area (Å²) in [6.45, 7) is 2.37. The maximum atomic E-state index is 13.3. The third-order valence-corrected chi connectivity index (χ3v) is 6.77. The molecule has 2 aliphatic rings. The highest BCUT2D eigenvalue weighted by atomic mass is 35.5. The highest BCUT2D eigenvalue weighted by molar-refractivity contribution is 7.09. The van der Waals surface area contributed by atoms with E-state index in [1.54, 1.807) is 4.90 Å². The molecule has 2 atom stereocenters. The van der Waals surface area contributed by atoms with Crippen molar-refractivity contribution in [3.63, 3.8) is 0 Å². The minimum absolute atomic E-state index is 0.147. The van der Waals surface area contributed by atoms with Gasteiger partial charge >= 0.3 is 6.18 Å². The number of thiazole rings is 1. The van der Waals surface area contributed by atoms with Gasteiger partial charge < -0.3 is 9.47 Å². The molecular weight excluding hydrogens is 439 g/mol. The number of benzene rings is 1. The molecule has 5 rings (SSSR count). The number of carbonyl (C=O) groups excluding carboxylic acids is 1. The Hall–Kier alpha value is -2.46. The van der Waals surface area contributed by atoms with Gasteiger partial charge in [0.25, 0.3) is 5.91 Å². The Labute approximate surface area is 178 Å². The molecule has 30 heavy (non-hydrogen) atoms. The molecule has 2 aliphatic heterocycles. The van der Waals surface area contributed by atoms with E-state index in [1.165, 1.54) is 23.5 Å². The molecule has 0 N–H and O–H groups in total. The fraction of sp³-hybridized carbons (Fsp3) is 0.368. The zero-order chi connectivity index (χ0) is 21.2. The van der Waals surface area contributed by atoms with Gasteiger partial charge in [-0.15, -0.1) is 21.5 Å². The first-order chi connectivity index (χ1) is 14.3. The molecule has 2 bridgehead atoms. The summed E-state index contributed by atoms with van der Waals surface area (Å²) in [6, 6.07) is 2.89. The first-order valence-corrected chi connectivity index (χ1v) is 10.6. The lowest BCUT2D eigenvalue weighted by Gasteiger charge is -2.35. The van der Waals surface area contributed by atoms with Gasteiger partial charge in [0.1, 0.15) is 5.69 Å². The Kier molecular flexibility index (Phi) is 4.41. The van der Waals surface area contributed by atoms with Crippen LogP contribution in [-0.2, 0) is 12.7 Å². The smallest absolute Gasteiger partial charge is 0.324 e. The molecule has 0 saturated carbocycles. The van der Waals surface area contributed by atoms with Gasteiger partial charge in [-0.2, -0.15) is 13.2 Å². The summed E-state index contributed by atoms with van der Waals surface area (Å²) in [4.78, 5) is 19.3. The Morgan fingerprint density at radius 1 is 1.27 bits per heavy atom. The Balaban J connectivity index is 1.52. The normalized spacial score (nSPS) is 20.5. The predicted octanol–water partition coefficient (Wildman–Crippen LogP) is 4.74. The van der Waals surface area contributed by atoms with Gasteiger partial charge in [0.15, 0.2) is 11.6 Å². The topological polar surface area (TPSA) is 63.9 Å². The molecule has 2 aromatic heterocycles. The summed E-state index contributed by atoms with van der Waals surface area (Å²) in [5.41, 5.74) is -0.424. The molecule has 0 radical (unpaired) electrons. The first kappa shape index (κ1) is 19.5. The summed E-state index contributed by atoms with van der Waals surface area (Å²) < 4.78 is 41.6. The summed E-state index contributed by atoms with van der Waals surface area (Å²) >= 11 is 7.52. The van der Waals surface area contributed by atoms with Crippen LogP contribution in [0.25, 0.3) is 11.5 Å². The van der Waals surface area contributed by atoms with Crippen LogP contribution < -0.4 is 0 Å². The Bertz CT molecular complexity index is 1160. The van der Waals surface area contributed by atoms with Gasteiger partial charge in [0.05, 0.1) is 33.2 Å². The van der Waals surface area contributed by atoms with E-state index in [0.717, 1.165) is 23.2 Å². The van der Waals surface area contributed by atoms with Crippen molar-refractivity contribution in [2.45, 2.75) is 44.6 Å². The van der Waals surface area contributed by atoms with E-state index < -0.39 is 22.7 Å². The number of aromatic nitrogens is 4. The summed E-state index contributed by atoms with van der Waals surface area (Å²) in [7, 11) is 0. The van der Waals surface area contributed by atoms with Crippen molar-refractivity contribution in [1.82, 2.24) is 24.6 Å². The van der Waals surface area contributed by atoms with Crippen molar-refractivity contribution in [3.05, 3.63) is 50.6 Å². The second kappa shape index (κ2) is 6.78. The van der Waals surface area contributed by atoms with Gasteiger partial charge in [0, 0.05) is 11.9 Å². The van der Waals surface area contributed by atoms with E-state index in [9.17, 15) is 18.0 Å². The highest BCUT2D eigenvalue weighted by Crippen LogP contribution is 2.44. The minimum Gasteiger partial charge on any atom is -0.324 e. The lowest BCUT2D eigenvalue weighted by molar-refractivity contribution is -0.137. The van der Waals surface area contributed by atoms with Gasteiger partial charge in [-0.1, -0.05) is 17.7 Å². The van der Waals surface area contributed by atoms with Crippen LogP contribution in [0.3, 0.4) is 0 Å². The molecule has 2 unspecified atom stereocenters. The molecule has 1 amide bonds. The van der Waals surface area contributed by atoms with Crippen LogP contribution in [0.1, 0.15) is 45.6 Å². The molecule has 0 spiro atoms. The number of rotatable bonds is 2. The third kappa shape index (κ3) is 2.92. The zero-order valence-corrected chi connectivity index (χ0v) is 17.2. The number of hydrogen-bond acceptors (Lipinski definition) is 5. The molecule has 3 aromatic rings. The number of hydrogen-bond donors (Lipinski definition) is 0. The van der Waals surface area contributed by atoms with Crippen molar-refractivity contribution in [2.75, 3.05) is 0 Å². The molecule has 156 valence electrons. The minimum atomic E-state index is -4.63. The molecule has 11 heteroatoms. The van der Waals surface area contributed by atoms with Crippen LogP contribution in [0.2, 0.25) is 5.02 Å². The average molecular weight is 454 g/mol. The number of aryl methyl sites for hydroxylation is 1. The molecule has 4 heterocycles. The quantitative estimate of drug-likeness (QED) is 0.562. The van der Waals surface area contributed by atoms with Gasteiger partial charge in [-0.05, 0) is 31.9 Å². The number of fused-ring (bicyclic) bond motifs is 4. The molecule has 6 nitrogen and oxygen atoms in total. The van der Waals surface area contributed by atoms with Crippen LogP contribution in [0.15, 0.2) is 23.6 Å². The van der Waals surface area contributed by atoms with E-state index >= 15 is 0 Å². The Morgan fingerprint density at radius 2 is 2.07 bits per heavy atom. The fourth-order valence-corrected chi connectivity index (χ4v) is 5.19. The maximum absolute atomic E-state index is 13.3. The maximum Gasteiger partial charge on any atom is 0.417 e. The van der Waals surface area contributed by atoms with E-state index in [2.05, 4.69) is 15.2 Å². The van der Waals surface area contributed by atoms with Crippen LogP contribution >= 0.6 is 22.9 Å². The summed E-state index contributed by atoms with van der Waals surface area (Å²) in [6.07, 6.45) is -3.23. The second-order valence-electron chi connectivity index (χ2n) is 7.37. The Morgan fingerprint density at radius 3 is 2.77 bits per heavy atom. The summed E-state index contributed by atoms with van der Waals surface area (Å²) in [5, 5.41) is 10.8. The molecule has 1 aromatic carbocycles. The largest absolute Gasteiger partial charge is 0.417 e. The van der Waals surface area contributed by atoms with Crippen molar-refractivity contribution in [2.24, 2.45) is 0 Å². The van der Waals surface area contributed by atoms with E-state index in [1.807, 2.05) is 16.9 Å². The second-order valence-corrected chi connectivity index (χ2v) is 8.81. The first-order valence-electron chi connectivity index (χ1n) is 9.29. The van der Waals surface area contributed by atoms with Crippen molar-refractivity contribution in [1.29, 1.82) is 0 Å². The summed E-state index contributed by atoms with van der Waals surface area (Å²) in [5.74, 6) is 0.759. The molecular formula is C19H15ClF3N5OS. The monoisotopic (exact) mass is 453 g/mol.